The molecule has 102 valence electrons. The fourth-order valence-corrected chi connectivity index (χ4v) is 2.25. The number of nitrogens with zero attached hydrogens (tertiary/aromatic N) is 3. The molecule has 0 aliphatic heterocycles. The molecule has 3 rings (SSSR count). The highest BCUT2D eigenvalue weighted by Gasteiger charge is 2.08. The van der Waals surface area contributed by atoms with Gasteiger partial charge in [0.25, 0.3) is 0 Å². The number of imidazole rings is 1. The fourth-order valence-electron chi connectivity index (χ4n) is 2.25. The van der Waals surface area contributed by atoms with Crippen LogP contribution >= 0.6 is 0 Å². The van der Waals surface area contributed by atoms with E-state index in [4.69, 9.17) is 0 Å². The van der Waals surface area contributed by atoms with Crippen molar-refractivity contribution in [1.82, 2.24) is 19.7 Å². The van der Waals surface area contributed by atoms with E-state index >= 15 is 0 Å². The minimum atomic E-state index is 0.247. The van der Waals surface area contributed by atoms with Gasteiger partial charge in [-0.25, -0.2) is 4.98 Å². The lowest BCUT2D eigenvalue weighted by Crippen LogP contribution is -2.21. The normalized spacial score (nSPS) is 12.7. The molecule has 4 nitrogen and oxygen atoms in total. The van der Waals surface area contributed by atoms with Crippen LogP contribution in [0.5, 0.6) is 0 Å². The van der Waals surface area contributed by atoms with Gasteiger partial charge in [0, 0.05) is 30.8 Å². The van der Waals surface area contributed by atoms with E-state index < -0.39 is 0 Å². The first kappa shape index (κ1) is 12.8. The van der Waals surface area contributed by atoms with Crippen LogP contribution in [-0.2, 0) is 6.42 Å². The fraction of sp³-hybridized carbons (Fsp3) is 0.250. The summed E-state index contributed by atoms with van der Waals surface area (Å²) in [6, 6.07) is 10.4. The van der Waals surface area contributed by atoms with Gasteiger partial charge < -0.3 is 9.72 Å². The van der Waals surface area contributed by atoms with Crippen molar-refractivity contribution in [2.45, 2.75) is 19.4 Å². The minimum Gasteiger partial charge on any atom is -0.308 e. The highest BCUT2D eigenvalue weighted by molar-refractivity contribution is 5.39. The second-order valence-electron chi connectivity index (χ2n) is 4.91. The zero-order chi connectivity index (χ0) is 13.8. The first-order valence-corrected chi connectivity index (χ1v) is 6.89. The molecule has 20 heavy (non-hydrogen) atoms. The average molecular weight is 266 g/mol. The van der Waals surface area contributed by atoms with Crippen molar-refractivity contribution < 1.29 is 0 Å². The summed E-state index contributed by atoms with van der Waals surface area (Å²) in [7, 11) is 0. The van der Waals surface area contributed by atoms with Gasteiger partial charge in [0.15, 0.2) is 0 Å². The van der Waals surface area contributed by atoms with Gasteiger partial charge in [-0.2, -0.15) is 0 Å². The summed E-state index contributed by atoms with van der Waals surface area (Å²) in [4.78, 5) is 8.66. The van der Waals surface area contributed by atoms with Crippen LogP contribution in [0.25, 0.3) is 5.65 Å². The van der Waals surface area contributed by atoms with Gasteiger partial charge in [0.2, 0.25) is 0 Å². The van der Waals surface area contributed by atoms with Crippen molar-refractivity contribution in [2.75, 3.05) is 6.54 Å². The summed E-state index contributed by atoms with van der Waals surface area (Å²) in [5.74, 6) is 0. The molecule has 0 amide bonds. The first-order chi connectivity index (χ1) is 9.83. The van der Waals surface area contributed by atoms with Crippen LogP contribution in [0.3, 0.4) is 0 Å². The monoisotopic (exact) mass is 266 g/mol. The lowest BCUT2D eigenvalue weighted by Gasteiger charge is -2.10. The Kier molecular flexibility index (Phi) is 3.74. The minimum absolute atomic E-state index is 0.247. The van der Waals surface area contributed by atoms with E-state index in [2.05, 4.69) is 44.9 Å². The van der Waals surface area contributed by atoms with E-state index in [1.807, 2.05) is 36.8 Å². The van der Waals surface area contributed by atoms with E-state index in [9.17, 15) is 0 Å². The maximum atomic E-state index is 4.63. The largest absolute Gasteiger partial charge is 0.308 e. The maximum absolute atomic E-state index is 4.63. The topological polar surface area (TPSA) is 42.2 Å². The predicted octanol–water partition coefficient (Wildman–Crippen LogP) is 2.62. The Balaban J connectivity index is 1.60. The second kappa shape index (κ2) is 5.84. The van der Waals surface area contributed by atoms with Gasteiger partial charge in [-0.1, -0.05) is 6.07 Å². The van der Waals surface area contributed by atoms with Crippen molar-refractivity contribution in [1.29, 1.82) is 0 Å². The molecule has 0 spiro atoms. The number of rotatable bonds is 5. The Morgan fingerprint density at radius 3 is 2.85 bits per heavy atom. The molecule has 0 aliphatic rings. The van der Waals surface area contributed by atoms with Gasteiger partial charge in [0.05, 0.1) is 5.69 Å². The standard InChI is InChI=1S/C16H18N4/c1-13(18-10-7-14-5-8-17-9-6-14)15-12-20-11-3-2-4-16(20)19-15/h2-6,8-9,11-13,18H,7,10H2,1H3. The van der Waals surface area contributed by atoms with Crippen LogP contribution in [0, 0.1) is 0 Å². The summed E-state index contributed by atoms with van der Waals surface area (Å²) in [5.41, 5.74) is 3.37. The van der Waals surface area contributed by atoms with E-state index in [0.717, 1.165) is 24.3 Å². The molecule has 1 unspecified atom stereocenters. The number of aromatic nitrogens is 3. The SMILES string of the molecule is CC(NCCc1ccncc1)c1cn2ccccc2n1. The molecule has 0 aliphatic carbocycles. The molecule has 0 bridgehead atoms. The molecule has 0 radical (unpaired) electrons. The quantitative estimate of drug-likeness (QED) is 0.772. The highest BCUT2D eigenvalue weighted by atomic mass is 15.0. The van der Waals surface area contributed by atoms with Crippen molar-refractivity contribution in [3.8, 4) is 0 Å². The van der Waals surface area contributed by atoms with Crippen LogP contribution < -0.4 is 5.32 Å². The third-order valence-corrected chi connectivity index (χ3v) is 3.44. The number of pyridine rings is 2. The molecule has 3 aromatic heterocycles. The predicted molar refractivity (Wildman–Crippen MR) is 79.6 cm³/mol. The Bertz CT molecular complexity index is 642. The molecule has 0 fully saturated rings. The van der Waals surface area contributed by atoms with Gasteiger partial charge in [-0.05, 0) is 49.7 Å². The molecule has 0 saturated heterocycles. The molecule has 3 heterocycles. The molecular weight excluding hydrogens is 248 g/mol. The van der Waals surface area contributed by atoms with Crippen molar-refractivity contribution in [3.63, 3.8) is 0 Å². The summed E-state index contributed by atoms with van der Waals surface area (Å²) < 4.78 is 2.05. The Hall–Kier alpha value is -2.20. The summed E-state index contributed by atoms with van der Waals surface area (Å²) in [5, 5.41) is 3.51. The summed E-state index contributed by atoms with van der Waals surface area (Å²) in [6.07, 6.45) is 8.77. The van der Waals surface area contributed by atoms with Gasteiger partial charge >= 0.3 is 0 Å². The van der Waals surface area contributed by atoms with Crippen LogP contribution in [0.15, 0.2) is 55.1 Å². The van der Waals surface area contributed by atoms with Gasteiger partial charge in [0.1, 0.15) is 5.65 Å². The molecule has 1 N–H and O–H groups in total. The van der Waals surface area contributed by atoms with Crippen LogP contribution in [0.4, 0.5) is 0 Å². The van der Waals surface area contributed by atoms with Crippen LogP contribution in [0.1, 0.15) is 24.2 Å². The molecule has 1 atom stereocenters. The summed E-state index contributed by atoms with van der Waals surface area (Å²) in [6.45, 7) is 3.08. The van der Waals surface area contributed by atoms with E-state index in [-0.39, 0.29) is 6.04 Å². The van der Waals surface area contributed by atoms with Crippen LogP contribution in [-0.4, -0.2) is 20.9 Å². The number of hydrogen-bond acceptors (Lipinski definition) is 3. The number of hydrogen-bond donors (Lipinski definition) is 1. The lowest BCUT2D eigenvalue weighted by molar-refractivity contribution is 0.566. The number of fused-ring (bicyclic) bond motifs is 1. The van der Waals surface area contributed by atoms with E-state index in [1.54, 1.807) is 0 Å². The average Bonchev–Trinajstić information content (AvgIpc) is 2.92. The molecule has 0 aromatic carbocycles. The van der Waals surface area contributed by atoms with E-state index in [0.29, 0.717) is 0 Å². The lowest BCUT2D eigenvalue weighted by atomic mass is 10.2. The van der Waals surface area contributed by atoms with Crippen molar-refractivity contribution in [2.24, 2.45) is 0 Å². The molecular formula is C16H18N4. The maximum Gasteiger partial charge on any atom is 0.137 e. The summed E-state index contributed by atoms with van der Waals surface area (Å²) >= 11 is 0. The molecule has 3 aromatic rings. The van der Waals surface area contributed by atoms with Crippen molar-refractivity contribution >= 4 is 5.65 Å². The zero-order valence-electron chi connectivity index (χ0n) is 11.5. The van der Waals surface area contributed by atoms with Crippen molar-refractivity contribution in [3.05, 3.63) is 66.4 Å². The smallest absolute Gasteiger partial charge is 0.137 e. The Labute approximate surface area is 118 Å². The first-order valence-electron chi connectivity index (χ1n) is 6.89. The third-order valence-electron chi connectivity index (χ3n) is 3.44. The molecule has 4 heteroatoms. The third kappa shape index (κ3) is 2.86. The zero-order valence-corrected chi connectivity index (χ0v) is 11.5. The van der Waals surface area contributed by atoms with Gasteiger partial charge in [-0.15, -0.1) is 0 Å². The van der Waals surface area contributed by atoms with E-state index in [1.165, 1.54) is 5.56 Å². The van der Waals surface area contributed by atoms with Crippen LogP contribution in [0.2, 0.25) is 0 Å². The Morgan fingerprint density at radius 1 is 1.20 bits per heavy atom. The van der Waals surface area contributed by atoms with Gasteiger partial charge in [-0.3, -0.25) is 4.98 Å². The second-order valence-corrected chi connectivity index (χ2v) is 4.91. The Morgan fingerprint density at radius 2 is 2.05 bits per heavy atom. The number of nitrogens with one attached hydrogen (secondary N) is 1. The molecule has 0 saturated carbocycles. The highest BCUT2D eigenvalue weighted by Crippen LogP contribution is 2.12.